The van der Waals surface area contributed by atoms with E-state index in [0.29, 0.717) is 30.9 Å². The molecular weight excluding hydrogens is 667 g/mol. The van der Waals surface area contributed by atoms with Crippen LogP contribution < -0.4 is 20.4 Å². The molecule has 4 aliphatic heterocycles. The molecule has 8 nitrogen and oxygen atoms in total. The first kappa shape index (κ1) is 32.4. The van der Waals surface area contributed by atoms with Crippen LogP contribution >= 0.6 is 0 Å². The summed E-state index contributed by atoms with van der Waals surface area (Å²) in [5.74, 6) is 2.59. The average molecular weight is 717 g/mol. The maximum absolute atomic E-state index is 16.1. The number of hydrogen-bond acceptors (Lipinski definition) is 6. The summed E-state index contributed by atoms with van der Waals surface area (Å²) in [7, 11) is 0. The number of piperidine rings is 1. The molecule has 2 saturated carbocycles. The first-order valence-electron chi connectivity index (χ1n) is 20.6. The van der Waals surface area contributed by atoms with Gasteiger partial charge in [0.15, 0.2) is 11.6 Å². The van der Waals surface area contributed by atoms with Crippen molar-refractivity contribution in [1.29, 1.82) is 0 Å². The van der Waals surface area contributed by atoms with Crippen molar-refractivity contribution in [2.75, 3.05) is 22.9 Å². The standard InChI is InChI=1S/C43H50F2N8/c44-29-22-28(23-30(45)41(29)52-16-2-1-3-17-52)53-39(26-10-12-33-35(20-26)50-42(48-33)37-18-24-6-4-8-31(24)46-37)14-15-40(53)27-11-13-34-36(21-27)51-43(49-34)38-19-25-7-5-9-32(25)47-38/h10-13,20-25,31-32,37-40,46-47H,1-9,14-19H2,(H,48,50)(H,49,51)/t24-,25-,31-,32-,37-,38?,39+,40+/m0/s1. The first-order chi connectivity index (χ1) is 26.0. The van der Waals surface area contributed by atoms with Crippen LogP contribution in [0, 0.1) is 23.5 Å². The van der Waals surface area contributed by atoms with Crippen LogP contribution in [0.2, 0.25) is 0 Å². The molecule has 2 aromatic heterocycles. The summed E-state index contributed by atoms with van der Waals surface area (Å²) in [5.41, 5.74) is 6.95. The molecule has 6 aliphatic rings. The lowest BCUT2D eigenvalue weighted by molar-refractivity contribution is 0.516. The fourth-order valence-electron chi connectivity index (χ4n) is 11.5. The van der Waals surface area contributed by atoms with E-state index in [-0.39, 0.29) is 29.9 Å². The van der Waals surface area contributed by atoms with Crippen molar-refractivity contribution in [1.82, 2.24) is 30.6 Å². The Hall–Kier alpha value is -4.02. The average Bonchev–Trinajstić information content (AvgIpc) is 4.00. The van der Waals surface area contributed by atoms with Gasteiger partial charge in [0.25, 0.3) is 0 Å². The zero-order valence-corrected chi connectivity index (χ0v) is 30.4. The Morgan fingerprint density at radius 2 is 1.11 bits per heavy atom. The second-order valence-corrected chi connectivity index (χ2v) is 17.1. The Bertz CT molecular complexity index is 2010. The molecule has 276 valence electrons. The van der Waals surface area contributed by atoms with E-state index in [4.69, 9.17) is 9.97 Å². The smallest absolute Gasteiger partial charge is 0.151 e. The maximum Gasteiger partial charge on any atom is 0.151 e. The van der Waals surface area contributed by atoms with Gasteiger partial charge in [0.05, 0.1) is 46.2 Å². The van der Waals surface area contributed by atoms with Crippen molar-refractivity contribution in [3.63, 3.8) is 0 Å². The van der Waals surface area contributed by atoms with Gasteiger partial charge in [0, 0.05) is 30.9 Å². The van der Waals surface area contributed by atoms with Crippen LogP contribution in [0.5, 0.6) is 0 Å². The van der Waals surface area contributed by atoms with Crippen molar-refractivity contribution in [2.45, 2.75) is 120 Å². The minimum Gasteiger partial charge on any atom is -0.367 e. The predicted octanol–water partition coefficient (Wildman–Crippen LogP) is 9.20. The van der Waals surface area contributed by atoms with E-state index in [0.717, 1.165) is 102 Å². The number of fused-ring (bicyclic) bond motifs is 4. The number of rotatable bonds is 6. The number of aromatic amines is 2. The number of H-pyrrole nitrogens is 2. The van der Waals surface area contributed by atoms with Crippen LogP contribution in [0.3, 0.4) is 0 Å². The molecule has 5 aromatic rings. The van der Waals surface area contributed by atoms with Crippen molar-refractivity contribution >= 4 is 33.4 Å². The molecular formula is C43H50F2N8. The highest BCUT2D eigenvalue weighted by Crippen LogP contribution is 2.49. The largest absolute Gasteiger partial charge is 0.367 e. The molecule has 4 saturated heterocycles. The number of aromatic nitrogens is 4. The van der Waals surface area contributed by atoms with E-state index in [1.54, 1.807) is 12.1 Å². The number of halogens is 2. The first-order valence-corrected chi connectivity index (χ1v) is 20.6. The summed E-state index contributed by atoms with van der Waals surface area (Å²) >= 11 is 0. The molecule has 11 rings (SSSR count). The Kier molecular flexibility index (Phi) is 7.82. The van der Waals surface area contributed by atoms with Crippen LogP contribution in [0.15, 0.2) is 48.5 Å². The van der Waals surface area contributed by atoms with Crippen molar-refractivity contribution in [3.8, 4) is 0 Å². The van der Waals surface area contributed by atoms with E-state index in [1.165, 1.54) is 38.5 Å². The normalized spacial score (nSPS) is 31.4. The molecule has 6 fully saturated rings. The summed E-state index contributed by atoms with van der Waals surface area (Å²) in [6.07, 6.45) is 14.8. The summed E-state index contributed by atoms with van der Waals surface area (Å²) < 4.78 is 32.3. The number of nitrogens with one attached hydrogen (secondary N) is 4. The van der Waals surface area contributed by atoms with Crippen LogP contribution in [-0.2, 0) is 0 Å². The van der Waals surface area contributed by atoms with E-state index in [9.17, 15) is 0 Å². The third kappa shape index (κ3) is 5.57. The Labute approximate surface area is 309 Å². The number of nitrogens with zero attached hydrogens (tertiary/aromatic N) is 4. The van der Waals surface area contributed by atoms with E-state index < -0.39 is 11.6 Å². The molecule has 3 aromatic carbocycles. The van der Waals surface area contributed by atoms with Gasteiger partial charge in [-0.15, -0.1) is 0 Å². The SMILES string of the molecule is Fc1cc(N2[C@@H](c3ccc4nc(C5C[C@@H]6CCC[C@@H]6N5)[nH]c4c3)CC[C@@H]2c2ccc3nc([C@@H]4C[C@@H]5CCC[C@@H]5N4)[nH]c3c2)cc(F)c1N1CCCCC1. The highest BCUT2D eigenvalue weighted by atomic mass is 19.1. The highest BCUT2D eigenvalue weighted by molar-refractivity contribution is 5.78. The number of benzene rings is 3. The molecule has 1 unspecified atom stereocenters. The molecule has 0 amide bonds. The van der Waals surface area contributed by atoms with Gasteiger partial charge in [-0.2, -0.15) is 0 Å². The zero-order chi connectivity index (χ0) is 35.2. The number of hydrogen-bond donors (Lipinski definition) is 4. The lowest BCUT2D eigenvalue weighted by atomic mass is 10.0. The molecule has 8 atom stereocenters. The molecule has 0 spiro atoms. The minimum absolute atomic E-state index is 0.0603. The van der Waals surface area contributed by atoms with E-state index >= 15 is 8.78 Å². The molecule has 2 aliphatic carbocycles. The Morgan fingerprint density at radius 1 is 0.585 bits per heavy atom. The van der Waals surface area contributed by atoms with Gasteiger partial charge in [0.2, 0.25) is 0 Å². The van der Waals surface area contributed by atoms with Crippen LogP contribution in [0.1, 0.15) is 130 Å². The summed E-state index contributed by atoms with van der Waals surface area (Å²) in [6, 6.07) is 17.8. The van der Waals surface area contributed by atoms with Crippen LogP contribution in [0.4, 0.5) is 20.2 Å². The predicted molar refractivity (Wildman–Crippen MR) is 205 cm³/mol. The van der Waals surface area contributed by atoms with Gasteiger partial charge in [-0.1, -0.05) is 25.0 Å². The number of imidazole rings is 2. The summed E-state index contributed by atoms with van der Waals surface area (Å²) in [6.45, 7) is 1.38. The lowest BCUT2D eigenvalue weighted by Gasteiger charge is -2.35. The van der Waals surface area contributed by atoms with Crippen LogP contribution in [-0.4, -0.2) is 45.1 Å². The van der Waals surface area contributed by atoms with Gasteiger partial charge in [0.1, 0.15) is 17.3 Å². The highest BCUT2D eigenvalue weighted by Gasteiger charge is 2.41. The summed E-state index contributed by atoms with van der Waals surface area (Å²) in [4.78, 5) is 21.6. The van der Waals surface area contributed by atoms with Crippen molar-refractivity contribution in [3.05, 3.63) is 82.9 Å². The van der Waals surface area contributed by atoms with Gasteiger partial charge in [-0.25, -0.2) is 18.7 Å². The fraction of sp³-hybridized carbons (Fsp3) is 0.535. The van der Waals surface area contributed by atoms with Gasteiger partial charge >= 0.3 is 0 Å². The zero-order valence-electron chi connectivity index (χ0n) is 30.4. The lowest BCUT2D eigenvalue weighted by Crippen LogP contribution is -2.31. The maximum atomic E-state index is 16.1. The van der Waals surface area contributed by atoms with Gasteiger partial charge < -0.3 is 30.4 Å². The van der Waals surface area contributed by atoms with E-state index in [2.05, 4.69) is 61.9 Å². The minimum atomic E-state index is -0.476. The molecule has 0 bridgehead atoms. The van der Waals surface area contributed by atoms with Crippen molar-refractivity contribution in [2.24, 2.45) is 11.8 Å². The van der Waals surface area contributed by atoms with Crippen LogP contribution in [0.25, 0.3) is 22.1 Å². The second-order valence-electron chi connectivity index (χ2n) is 17.1. The van der Waals surface area contributed by atoms with Gasteiger partial charge in [-0.3, -0.25) is 0 Å². The monoisotopic (exact) mass is 716 g/mol. The van der Waals surface area contributed by atoms with E-state index in [1.807, 2.05) is 4.90 Å². The molecule has 4 N–H and O–H groups in total. The second kappa shape index (κ2) is 12.8. The molecule has 10 heteroatoms. The Morgan fingerprint density at radius 3 is 1.62 bits per heavy atom. The quantitative estimate of drug-likeness (QED) is 0.140. The Balaban J connectivity index is 0.943. The fourth-order valence-corrected chi connectivity index (χ4v) is 11.5. The third-order valence-electron chi connectivity index (χ3n) is 14.1. The number of anilines is 2. The van der Waals surface area contributed by atoms with Gasteiger partial charge in [-0.05, 0) is 130 Å². The molecule has 0 radical (unpaired) electrons. The third-order valence-corrected chi connectivity index (χ3v) is 14.1. The molecule has 53 heavy (non-hydrogen) atoms. The topological polar surface area (TPSA) is 87.9 Å². The summed E-state index contributed by atoms with van der Waals surface area (Å²) in [5, 5.41) is 7.69. The molecule has 6 heterocycles. The van der Waals surface area contributed by atoms with Crippen molar-refractivity contribution < 1.29 is 8.78 Å².